The van der Waals surface area contributed by atoms with E-state index in [0.29, 0.717) is 16.5 Å². The summed E-state index contributed by atoms with van der Waals surface area (Å²) < 4.78 is 10.7. The molecule has 0 saturated carbocycles. The Morgan fingerprint density at radius 3 is 2.38 bits per heavy atom. The second-order valence-electron chi connectivity index (χ2n) is 8.05. The van der Waals surface area contributed by atoms with E-state index in [1.54, 1.807) is 14.2 Å². The van der Waals surface area contributed by atoms with E-state index in [1.165, 1.54) is 5.56 Å². The number of aryl methyl sites for hydroxylation is 1. The lowest BCUT2D eigenvalue weighted by Crippen LogP contribution is -2.41. The summed E-state index contributed by atoms with van der Waals surface area (Å²) in [6, 6.07) is 14.5. The molecule has 4 nitrogen and oxygen atoms in total. The topological polar surface area (TPSA) is 41.9 Å². The van der Waals surface area contributed by atoms with Crippen LogP contribution in [0.4, 0.5) is 0 Å². The summed E-state index contributed by atoms with van der Waals surface area (Å²) in [6.07, 6.45) is 5.30. The molecular weight excluding hydrogens is 386 g/mol. The van der Waals surface area contributed by atoms with Gasteiger partial charge in [0.25, 0.3) is 0 Å². The molecule has 1 aliphatic rings. The smallest absolute Gasteiger partial charge is 0.179 e. The van der Waals surface area contributed by atoms with Crippen LogP contribution in [-0.4, -0.2) is 43.9 Å². The fourth-order valence-corrected chi connectivity index (χ4v) is 4.57. The molecule has 0 spiro atoms. The number of aliphatic hydroxyl groups is 1. The Morgan fingerprint density at radius 1 is 1.03 bits per heavy atom. The van der Waals surface area contributed by atoms with Crippen LogP contribution in [0.1, 0.15) is 36.8 Å². The third kappa shape index (κ3) is 5.44. The van der Waals surface area contributed by atoms with Crippen LogP contribution in [0.2, 0.25) is 5.02 Å². The van der Waals surface area contributed by atoms with Crippen LogP contribution in [0.3, 0.4) is 0 Å². The standard InChI is InChI=1S/C24H32ClNO3/c1-28-21-11-10-20(22(25)23(21)29-2)17-26-15-13-24(18-27,14-16-26)12-6-9-19-7-4-3-5-8-19/h3-5,7-8,10-11,27H,6,9,12-18H2,1-2H3. The number of hydrogen-bond donors (Lipinski definition) is 1. The number of nitrogens with zero attached hydrogens (tertiary/aromatic N) is 1. The number of hydrogen-bond acceptors (Lipinski definition) is 4. The maximum atomic E-state index is 10.1. The Balaban J connectivity index is 1.55. The molecule has 3 rings (SSSR count). The Hall–Kier alpha value is -1.75. The van der Waals surface area contributed by atoms with E-state index >= 15 is 0 Å². The van der Waals surface area contributed by atoms with Gasteiger partial charge < -0.3 is 14.6 Å². The molecule has 0 atom stereocenters. The molecule has 158 valence electrons. The molecule has 0 radical (unpaired) electrons. The molecule has 1 heterocycles. The third-order valence-electron chi connectivity index (χ3n) is 6.23. The first kappa shape index (κ1) is 21.9. The zero-order valence-corrected chi connectivity index (χ0v) is 18.3. The van der Waals surface area contributed by atoms with Gasteiger partial charge in [0, 0.05) is 13.2 Å². The number of halogens is 1. The van der Waals surface area contributed by atoms with Crippen molar-refractivity contribution in [2.75, 3.05) is 33.9 Å². The van der Waals surface area contributed by atoms with E-state index in [1.807, 2.05) is 12.1 Å². The van der Waals surface area contributed by atoms with Gasteiger partial charge in [0.15, 0.2) is 11.5 Å². The van der Waals surface area contributed by atoms with Gasteiger partial charge >= 0.3 is 0 Å². The average molecular weight is 418 g/mol. The second kappa shape index (κ2) is 10.3. The number of methoxy groups -OCH3 is 2. The lowest BCUT2D eigenvalue weighted by Gasteiger charge is -2.41. The molecule has 0 bridgehead atoms. The van der Waals surface area contributed by atoms with Crippen LogP contribution in [-0.2, 0) is 13.0 Å². The largest absolute Gasteiger partial charge is 0.493 e. The minimum Gasteiger partial charge on any atom is -0.493 e. The molecule has 1 fully saturated rings. The van der Waals surface area contributed by atoms with Crippen LogP contribution in [0.5, 0.6) is 11.5 Å². The van der Waals surface area contributed by atoms with Crippen LogP contribution in [0, 0.1) is 5.41 Å². The van der Waals surface area contributed by atoms with Gasteiger partial charge in [-0.05, 0) is 67.8 Å². The highest BCUT2D eigenvalue weighted by molar-refractivity contribution is 6.33. The van der Waals surface area contributed by atoms with Crippen molar-refractivity contribution in [2.24, 2.45) is 5.41 Å². The summed E-state index contributed by atoms with van der Waals surface area (Å²) in [6.45, 7) is 2.99. The van der Waals surface area contributed by atoms with Gasteiger partial charge in [-0.1, -0.05) is 48.0 Å². The molecular formula is C24H32ClNO3. The maximum Gasteiger partial charge on any atom is 0.179 e. The van der Waals surface area contributed by atoms with Gasteiger partial charge in [0.2, 0.25) is 0 Å². The summed E-state index contributed by atoms with van der Waals surface area (Å²) in [5, 5.41) is 10.7. The van der Waals surface area contributed by atoms with Gasteiger partial charge in [-0.3, -0.25) is 4.90 Å². The minimum absolute atomic E-state index is 0.0483. The van der Waals surface area contributed by atoms with E-state index < -0.39 is 0 Å². The normalized spacial score (nSPS) is 16.6. The minimum atomic E-state index is 0.0483. The Kier molecular flexibility index (Phi) is 7.82. The monoisotopic (exact) mass is 417 g/mol. The van der Waals surface area contributed by atoms with Gasteiger partial charge in [0.05, 0.1) is 19.2 Å². The fourth-order valence-electron chi connectivity index (χ4n) is 4.28. The molecule has 2 aromatic rings. The van der Waals surface area contributed by atoms with Crippen molar-refractivity contribution in [3.8, 4) is 11.5 Å². The predicted octanol–water partition coefficient (Wildman–Crippen LogP) is 4.95. The van der Waals surface area contributed by atoms with Gasteiger partial charge in [-0.15, -0.1) is 0 Å². The van der Waals surface area contributed by atoms with E-state index in [2.05, 4.69) is 35.2 Å². The maximum absolute atomic E-state index is 10.1. The van der Waals surface area contributed by atoms with Crippen molar-refractivity contribution in [3.05, 3.63) is 58.6 Å². The molecule has 1 aliphatic heterocycles. The van der Waals surface area contributed by atoms with Crippen molar-refractivity contribution < 1.29 is 14.6 Å². The number of piperidine rings is 1. The van der Waals surface area contributed by atoms with E-state index in [0.717, 1.165) is 57.3 Å². The molecule has 5 heteroatoms. The SMILES string of the molecule is COc1ccc(CN2CCC(CO)(CCCc3ccccc3)CC2)c(Cl)c1OC. The van der Waals surface area contributed by atoms with E-state index in [-0.39, 0.29) is 12.0 Å². The fraction of sp³-hybridized carbons (Fsp3) is 0.500. The molecule has 0 amide bonds. The molecule has 2 aromatic carbocycles. The average Bonchev–Trinajstić information content (AvgIpc) is 2.77. The van der Waals surface area contributed by atoms with Gasteiger partial charge in [0.1, 0.15) is 0 Å². The number of ether oxygens (including phenoxy) is 2. The molecule has 0 unspecified atom stereocenters. The number of aliphatic hydroxyl groups excluding tert-OH is 1. The van der Waals surface area contributed by atoms with Crippen molar-refractivity contribution >= 4 is 11.6 Å². The van der Waals surface area contributed by atoms with Crippen LogP contribution in [0.15, 0.2) is 42.5 Å². The van der Waals surface area contributed by atoms with Crippen LogP contribution < -0.4 is 9.47 Å². The van der Waals surface area contributed by atoms with E-state index in [9.17, 15) is 5.11 Å². The van der Waals surface area contributed by atoms with Crippen LogP contribution >= 0.6 is 11.6 Å². The van der Waals surface area contributed by atoms with Crippen molar-refractivity contribution in [3.63, 3.8) is 0 Å². The molecule has 1 saturated heterocycles. The number of rotatable bonds is 9. The highest BCUT2D eigenvalue weighted by Crippen LogP contribution is 2.40. The molecule has 0 aliphatic carbocycles. The first-order valence-electron chi connectivity index (χ1n) is 10.4. The Bertz CT molecular complexity index is 773. The van der Waals surface area contributed by atoms with Gasteiger partial charge in [-0.2, -0.15) is 0 Å². The predicted molar refractivity (Wildman–Crippen MR) is 118 cm³/mol. The summed E-state index contributed by atoms with van der Waals surface area (Å²) in [4.78, 5) is 2.41. The van der Waals surface area contributed by atoms with Gasteiger partial charge in [-0.25, -0.2) is 0 Å². The third-order valence-corrected chi connectivity index (χ3v) is 6.64. The first-order valence-corrected chi connectivity index (χ1v) is 10.7. The molecule has 0 aromatic heterocycles. The molecule has 29 heavy (non-hydrogen) atoms. The van der Waals surface area contributed by atoms with Crippen molar-refractivity contribution in [1.29, 1.82) is 0 Å². The quantitative estimate of drug-likeness (QED) is 0.626. The van der Waals surface area contributed by atoms with Crippen molar-refractivity contribution in [1.82, 2.24) is 4.90 Å². The summed E-state index contributed by atoms with van der Waals surface area (Å²) in [7, 11) is 3.23. The Labute approximate surface area is 179 Å². The summed E-state index contributed by atoms with van der Waals surface area (Å²) in [5.74, 6) is 1.24. The number of benzene rings is 2. The zero-order chi connectivity index (χ0) is 20.7. The van der Waals surface area contributed by atoms with Crippen molar-refractivity contribution in [2.45, 2.75) is 38.6 Å². The lowest BCUT2D eigenvalue weighted by atomic mass is 9.75. The first-order chi connectivity index (χ1) is 14.1. The Morgan fingerprint density at radius 2 is 1.76 bits per heavy atom. The summed E-state index contributed by atoms with van der Waals surface area (Å²) in [5.41, 5.74) is 2.47. The summed E-state index contributed by atoms with van der Waals surface area (Å²) >= 11 is 6.55. The second-order valence-corrected chi connectivity index (χ2v) is 8.43. The highest BCUT2D eigenvalue weighted by Gasteiger charge is 2.33. The lowest BCUT2D eigenvalue weighted by molar-refractivity contribution is 0.0330. The highest BCUT2D eigenvalue weighted by atomic mass is 35.5. The zero-order valence-electron chi connectivity index (χ0n) is 17.5. The van der Waals surface area contributed by atoms with Crippen LogP contribution in [0.25, 0.3) is 0 Å². The number of likely N-dealkylation sites (tertiary alicyclic amines) is 1. The van der Waals surface area contributed by atoms with E-state index in [4.69, 9.17) is 21.1 Å². The molecule has 1 N–H and O–H groups in total.